The molecule has 2 rings (SSSR count). The maximum atomic E-state index is 12.1. The van der Waals surface area contributed by atoms with Gasteiger partial charge in [0.2, 0.25) is 0 Å². The number of nitrogens with one attached hydrogen (secondary N) is 1. The molecule has 0 bridgehead atoms. The van der Waals surface area contributed by atoms with Gasteiger partial charge in [0.05, 0.1) is 11.0 Å². The lowest BCUT2D eigenvalue weighted by Crippen LogP contribution is -2.33. The number of aliphatic hydroxyl groups is 1. The van der Waals surface area contributed by atoms with Gasteiger partial charge in [-0.05, 0) is 17.7 Å². The van der Waals surface area contributed by atoms with Crippen LogP contribution >= 0.6 is 11.6 Å². The van der Waals surface area contributed by atoms with Crippen molar-refractivity contribution in [3.63, 3.8) is 0 Å². The summed E-state index contributed by atoms with van der Waals surface area (Å²) in [6, 6.07) is 13.1. The Kier molecular flexibility index (Phi) is 5.67. The van der Waals surface area contributed by atoms with Gasteiger partial charge >= 0.3 is 0 Å². The summed E-state index contributed by atoms with van der Waals surface area (Å²) in [5, 5.41) is 23.6. The number of nitro groups is 1. The molecule has 0 aliphatic rings. The van der Waals surface area contributed by atoms with Crippen LogP contribution in [0.1, 0.15) is 15.9 Å². The molecule has 120 valence electrons. The molecule has 1 amide bonds. The molecule has 6 nitrogen and oxygen atoms in total. The maximum Gasteiger partial charge on any atom is 0.282 e. The molecule has 0 unspecified atom stereocenters. The van der Waals surface area contributed by atoms with Gasteiger partial charge in [-0.2, -0.15) is 0 Å². The molecular weight excluding hydrogens is 320 g/mol. The van der Waals surface area contributed by atoms with Gasteiger partial charge < -0.3 is 10.4 Å². The average molecular weight is 335 g/mol. The first-order valence-electron chi connectivity index (χ1n) is 6.91. The molecule has 0 heterocycles. The number of benzene rings is 2. The molecule has 23 heavy (non-hydrogen) atoms. The third-order valence-electron chi connectivity index (χ3n) is 3.21. The highest BCUT2D eigenvalue weighted by atomic mass is 35.5. The van der Waals surface area contributed by atoms with Crippen molar-refractivity contribution in [3.8, 4) is 0 Å². The van der Waals surface area contributed by atoms with Crippen LogP contribution in [0.25, 0.3) is 0 Å². The summed E-state index contributed by atoms with van der Waals surface area (Å²) in [7, 11) is 0. The Balaban J connectivity index is 1.99. The highest BCUT2D eigenvalue weighted by Gasteiger charge is 2.21. The van der Waals surface area contributed by atoms with Crippen molar-refractivity contribution in [2.45, 2.75) is 12.5 Å². The zero-order valence-corrected chi connectivity index (χ0v) is 12.9. The van der Waals surface area contributed by atoms with E-state index in [0.717, 1.165) is 5.56 Å². The number of rotatable bonds is 6. The van der Waals surface area contributed by atoms with Crippen LogP contribution < -0.4 is 5.32 Å². The normalized spacial score (nSPS) is 11.7. The Morgan fingerprint density at radius 2 is 1.96 bits per heavy atom. The molecule has 2 aromatic rings. The summed E-state index contributed by atoms with van der Waals surface area (Å²) in [4.78, 5) is 22.4. The van der Waals surface area contributed by atoms with Gasteiger partial charge in [0.1, 0.15) is 5.56 Å². The van der Waals surface area contributed by atoms with Gasteiger partial charge in [-0.1, -0.05) is 41.9 Å². The van der Waals surface area contributed by atoms with Gasteiger partial charge in [0.15, 0.2) is 0 Å². The molecule has 2 aromatic carbocycles. The number of halogens is 1. The Morgan fingerprint density at radius 3 is 2.61 bits per heavy atom. The molecule has 0 spiro atoms. The van der Waals surface area contributed by atoms with Crippen molar-refractivity contribution >= 4 is 23.2 Å². The lowest BCUT2D eigenvalue weighted by molar-refractivity contribution is -0.385. The fraction of sp³-hybridized carbons (Fsp3) is 0.188. The molecule has 0 fully saturated rings. The van der Waals surface area contributed by atoms with Crippen molar-refractivity contribution in [3.05, 3.63) is 74.8 Å². The second-order valence-corrected chi connectivity index (χ2v) is 5.41. The van der Waals surface area contributed by atoms with Crippen LogP contribution in [0, 0.1) is 10.1 Å². The lowest BCUT2D eigenvalue weighted by atomic mass is 10.1. The summed E-state index contributed by atoms with van der Waals surface area (Å²) in [5.41, 5.74) is 0.474. The third-order valence-corrected chi connectivity index (χ3v) is 3.45. The van der Waals surface area contributed by atoms with Crippen LogP contribution in [0.5, 0.6) is 0 Å². The minimum absolute atomic E-state index is 0.0165. The molecule has 0 radical (unpaired) electrons. The number of hydrogen-bond donors (Lipinski definition) is 2. The van der Waals surface area contributed by atoms with E-state index in [-0.39, 0.29) is 22.8 Å². The van der Waals surface area contributed by atoms with Crippen LogP contribution in [0.2, 0.25) is 5.02 Å². The first kappa shape index (κ1) is 16.9. The van der Waals surface area contributed by atoms with E-state index in [1.54, 1.807) is 0 Å². The minimum Gasteiger partial charge on any atom is -0.391 e. The predicted molar refractivity (Wildman–Crippen MR) is 86.6 cm³/mol. The summed E-state index contributed by atoms with van der Waals surface area (Å²) in [5.74, 6) is -0.647. The first-order valence-corrected chi connectivity index (χ1v) is 7.29. The Morgan fingerprint density at radius 1 is 1.26 bits per heavy atom. The van der Waals surface area contributed by atoms with E-state index in [4.69, 9.17) is 11.6 Å². The van der Waals surface area contributed by atoms with Crippen molar-refractivity contribution in [2.75, 3.05) is 6.54 Å². The fourth-order valence-corrected chi connectivity index (χ4v) is 2.29. The number of nitrogens with zero attached hydrogens (tertiary/aromatic N) is 1. The van der Waals surface area contributed by atoms with E-state index in [1.807, 2.05) is 30.3 Å². The van der Waals surface area contributed by atoms with Crippen LogP contribution in [0.15, 0.2) is 48.5 Å². The number of amides is 1. The van der Waals surface area contributed by atoms with E-state index < -0.39 is 16.9 Å². The molecule has 0 saturated carbocycles. The topological polar surface area (TPSA) is 92.5 Å². The second-order valence-electron chi connectivity index (χ2n) is 4.97. The molecular formula is C16H15ClN2O4. The van der Waals surface area contributed by atoms with Gasteiger partial charge in [-0.15, -0.1) is 0 Å². The van der Waals surface area contributed by atoms with Crippen LogP contribution in [-0.4, -0.2) is 28.6 Å². The van der Waals surface area contributed by atoms with E-state index >= 15 is 0 Å². The first-order chi connectivity index (χ1) is 11.0. The van der Waals surface area contributed by atoms with Gasteiger partial charge in [-0.3, -0.25) is 14.9 Å². The summed E-state index contributed by atoms with van der Waals surface area (Å²) in [6.07, 6.45) is -0.418. The minimum atomic E-state index is -0.792. The average Bonchev–Trinajstić information content (AvgIpc) is 2.53. The summed E-state index contributed by atoms with van der Waals surface area (Å²) in [6.45, 7) is -0.0165. The van der Waals surface area contributed by atoms with Crippen molar-refractivity contribution in [2.24, 2.45) is 0 Å². The molecule has 7 heteroatoms. The van der Waals surface area contributed by atoms with Crippen LogP contribution in [0.3, 0.4) is 0 Å². The van der Waals surface area contributed by atoms with Crippen LogP contribution in [0.4, 0.5) is 5.69 Å². The molecule has 0 saturated heterocycles. The van der Waals surface area contributed by atoms with Gasteiger partial charge in [0.25, 0.3) is 11.6 Å². The highest BCUT2D eigenvalue weighted by Crippen LogP contribution is 2.22. The predicted octanol–water partition coefficient (Wildman–Crippen LogP) is 2.58. The lowest BCUT2D eigenvalue weighted by Gasteiger charge is -2.12. The SMILES string of the molecule is O=C(NC[C@@H](O)Cc1ccccc1)c1cc(Cl)ccc1[N+](=O)[O-]. The summed E-state index contributed by atoms with van der Waals surface area (Å²) >= 11 is 5.78. The molecule has 1 atom stereocenters. The molecule has 0 aliphatic heterocycles. The van der Waals surface area contributed by atoms with E-state index in [2.05, 4.69) is 5.32 Å². The molecule has 0 aliphatic carbocycles. The fourth-order valence-electron chi connectivity index (χ4n) is 2.11. The number of carbonyl (C=O) groups excluding carboxylic acids is 1. The van der Waals surface area contributed by atoms with Gasteiger partial charge in [0, 0.05) is 24.1 Å². The Labute approximate surface area is 137 Å². The second kappa shape index (κ2) is 7.71. The standard InChI is InChI=1S/C16H15ClN2O4/c17-12-6-7-15(19(22)23)14(9-12)16(21)18-10-13(20)8-11-4-2-1-3-5-11/h1-7,9,13,20H,8,10H2,(H,18,21)/t13-/m0/s1. The van der Waals surface area contributed by atoms with Gasteiger partial charge in [-0.25, -0.2) is 0 Å². The van der Waals surface area contributed by atoms with E-state index in [1.165, 1.54) is 18.2 Å². The Hall–Kier alpha value is -2.44. The molecule has 2 N–H and O–H groups in total. The van der Waals surface area contributed by atoms with Crippen molar-refractivity contribution in [1.82, 2.24) is 5.32 Å². The quantitative estimate of drug-likeness (QED) is 0.627. The highest BCUT2D eigenvalue weighted by molar-refractivity contribution is 6.31. The van der Waals surface area contributed by atoms with E-state index in [0.29, 0.717) is 6.42 Å². The number of hydrogen-bond acceptors (Lipinski definition) is 4. The monoisotopic (exact) mass is 334 g/mol. The van der Waals surface area contributed by atoms with E-state index in [9.17, 15) is 20.0 Å². The molecule has 0 aromatic heterocycles. The van der Waals surface area contributed by atoms with Crippen molar-refractivity contribution < 1.29 is 14.8 Å². The summed E-state index contributed by atoms with van der Waals surface area (Å²) < 4.78 is 0. The Bertz CT molecular complexity index is 706. The zero-order chi connectivity index (χ0) is 16.8. The number of nitro benzene ring substituents is 1. The largest absolute Gasteiger partial charge is 0.391 e. The number of carbonyl (C=O) groups is 1. The smallest absolute Gasteiger partial charge is 0.282 e. The third kappa shape index (κ3) is 4.77. The van der Waals surface area contributed by atoms with Crippen LogP contribution in [-0.2, 0) is 6.42 Å². The zero-order valence-electron chi connectivity index (χ0n) is 12.1. The van der Waals surface area contributed by atoms with Crippen molar-refractivity contribution in [1.29, 1.82) is 0 Å². The number of aliphatic hydroxyl groups excluding tert-OH is 1. The maximum absolute atomic E-state index is 12.1.